The predicted octanol–water partition coefficient (Wildman–Crippen LogP) is 1.76. The second kappa shape index (κ2) is 6.08. The van der Waals surface area contributed by atoms with E-state index in [2.05, 4.69) is 17.9 Å². The number of anilines is 1. The van der Waals surface area contributed by atoms with Crippen molar-refractivity contribution >= 4 is 17.6 Å². The molecule has 1 aromatic carbocycles. The maximum Gasteiger partial charge on any atom is 0.306 e. The van der Waals surface area contributed by atoms with Gasteiger partial charge in [0, 0.05) is 11.7 Å². The molecule has 1 unspecified atom stereocenters. The Morgan fingerprint density at radius 2 is 1.91 bits per heavy atom. The largest absolute Gasteiger partial charge is 0.481 e. The number of carboxylic acids is 1. The highest BCUT2D eigenvalue weighted by molar-refractivity contribution is 5.97. The topological polar surface area (TPSA) is 60.9 Å². The van der Waals surface area contributed by atoms with Crippen LogP contribution in [0.25, 0.3) is 0 Å². The van der Waals surface area contributed by atoms with Crippen molar-refractivity contribution in [1.82, 2.24) is 4.90 Å². The predicted molar refractivity (Wildman–Crippen MR) is 83.9 cm³/mol. The lowest BCUT2D eigenvalue weighted by Crippen LogP contribution is -2.46. The van der Waals surface area contributed by atoms with Gasteiger partial charge in [0.05, 0.1) is 12.5 Å². The number of carbonyl (C=O) groups is 2. The Morgan fingerprint density at radius 1 is 1.23 bits per heavy atom. The first kappa shape index (κ1) is 15.0. The minimum atomic E-state index is -0.715. The fraction of sp³-hybridized carbons (Fsp3) is 0.529. The highest BCUT2D eigenvalue weighted by atomic mass is 16.4. The summed E-state index contributed by atoms with van der Waals surface area (Å²) >= 11 is 0. The average Bonchev–Trinajstić information content (AvgIpc) is 2.83. The molecule has 0 aromatic heterocycles. The minimum absolute atomic E-state index is 0.117. The van der Waals surface area contributed by atoms with E-state index in [-0.39, 0.29) is 17.9 Å². The standard InChI is InChI=1S/C17H22N2O3/c1-12-10-14-4-2-3-5-15(14)19(12)16(20)11-18-8-6-13(7-9-18)17(21)22/h2-5,12-13H,6-11H2,1H3,(H,21,22). The van der Waals surface area contributed by atoms with Crippen LogP contribution in [0.5, 0.6) is 0 Å². The summed E-state index contributed by atoms with van der Waals surface area (Å²) in [7, 11) is 0. The molecule has 0 saturated carbocycles. The van der Waals surface area contributed by atoms with E-state index >= 15 is 0 Å². The smallest absolute Gasteiger partial charge is 0.306 e. The Balaban J connectivity index is 1.62. The molecule has 1 amide bonds. The quantitative estimate of drug-likeness (QED) is 0.924. The van der Waals surface area contributed by atoms with Gasteiger partial charge in [-0.15, -0.1) is 0 Å². The van der Waals surface area contributed by atoms with Crippen molar-refractivity contribution in [3.05, 3.63) is 29.8 Å². The van der Waals surface area contributed by atoms with Gasteiger partial charge in [-0.1, -0.05) is 18.2 Å². The van der Waals surface area contributed by atoms with Crippen LogP contribution in [-0.2, 0) is 16.0 Å². The minimum Gasteiger partial charge on any atom is -0.481 e. The molecular formula is C17H22N2O3. The molecule has 1 aromatic rings. The number of nitrogens with zero attached hydrogens (tertiary/aromatic N) is 2. The molecule has 3 rings (SSSR count). The van der Waals surface area contributed by atoms with Gasteiger partial charge in [0.25, 0.3) is 0 Å². The van der Waals surface area contributed by atoms with Crippen molar-refractivity contribution in [3.8, 4) is 0 Å². The van der Waals surface area contributed by atoms with Gasteiger partial charge < -0.3 is 10.0 Å². The van der Waals surface area contributed by atoms with Crippen molar-refractivity contribution < 1.29 is 14.7 Å². The van der Waals surface area contributed by atoms with Crippen LogP contribution in [-0.4, -0.2) is 47.6 Å². The average molecular weight is 302 g/mol. The lowest BCUT2D eigenvalue weighted by molar-refractivity contribution is -0.143. The zero-order chi connectivity index (χ0) is 15.7. The zero-order valence-corrected chi connectivity index (χ0v) is 12.9. The lowest BCUT2D eigenvalue weighted by atomic mass is 9.97. The number of piperidine rings is 1. The number of carboxylic acid groups (broad SMARTS) is 1. The van der Waals surface area contributed by atoms with Crippen LogP contribution in [0.1, 0.15) is 25.3 Å². The Morgan fingerprint density at radius 3 is 2.59 bits per heavy atom. The number of hydrogen-bond donors (Lipinski definition) is 1. The molecule has 1 atom stereocenters. The number of hydrogen-bond acceptors (Lipinski definition) is 3. The number of amides is 1. The first-order valence-electron chi connectivity index (χ1n) is 7.91. The first-order chi connectivity index (χ1) is 10.6. The van der Waals surface area contributed by atoms with Crippen molar-refractivity contribution in [1.29, 1.82) is 0 Å². The Kier molecular flexibility index (Phi) is 4.16. The molecule has 118 valence electrons. The van der Waals surface area contributed by atoms with Crippen LogP contribution in [0.15, 0.2) is 24.3 Å². The number of carbonyl (C=O) groups excluding carboxylic acids is 1. The van der Waals surface area contributed by atoms with Gasteiger partial charge in [0.2, 0.25) is 5.91 Å². The van der Waals surface area contributed by atoms with Crippen molar-refractivity contribution in [2.75, 3.05) is 24.5 Å². The molecule has 2 heterocycles. The fourth-order valence-corrected chi connectivity index (χ4v) is 3.55. The van der Waals surface area contributed by atoms with Gasteiger partial charge in [-0.05, 0) is 50.9 Å². The highest BCUT2D eigenvalue weighted by Crippen LogP contribution is 2.32. The van der Waals surface area contributed by atoms with E-state index in [1.807, 2.05) is 23.1 Å². The summed E-state index contributed by atoms with van der Waals surface area (Å²) < 4.78 is 0. The van der Waals surface area contributed by atoms with E-state index in [1.165, 1.54) is 5.56 Å². The Bertz CT molecular complexity index is 579. The van der Waals surface area contributed by atoms with E-state index < -0.39 is 5.97 Å². The van der Waals surface area contributed by atoms with Crippen molar-refractivity contribution in [2.45, 2.75) is 32.2 Å². The third-order valence-electron chi connectivity index (χ3n) is 4.77. The van der Waals surface area contributed by atoms with Crippen LogP contribution in [0.4, 0.5) is 5.69 Å². The monoisotopic (exact) mass is 302 g/mol. The molecule has 0 radical (unpaired) electrons. The summed E-state index contributed by atoms with van der Waals surface area (Å²) in [5, 5.41) is 9.03. The third kappa shape index (κ3) is 2.86. The van der Waals surface area contributed by atoms with Gasteiger partial charge in [-0.3, -0.25) is 14.5 Å². The number of aliphatic carboxylic acids is 1. The molecule has 2 aliphatic rings. The summed E-state index contributed by atoms with van der Waals surface area (Å²) in [4.78, 5) is 27.6. The molecule has 1 fully saturated rings. The molecule has 22 heavy (non-hydrogen) atoms. The van der Waals surface area contributed by atoms with Gasteiger partial charge in [0.1, 0.15) is 0 Å². The number of rotatable bonds is 3. The first-order valence-corrected chi connectivity index (χ1v) is 7.91. The number of benzene rings is 1. The summed E-state index contributed by atoms with van der Waals surface area (Å²) in [6, 6.07) is 8.26. The molecule has 0 aliphatic carbocycles. The lowest BCUT2D eigenvalue weighted by Gasteiger charge is -2.32. The normalized spacial score (nSPS) is 22.6. The summed E-state index contributed by atoms with van der Waals surface area (Å²) in [5.41, 5.74) is 2.26. The molecule has 1 N–H and O–H groups in total. The van der Waals surface area contributed by atoms with E-state index in [9.17, 15) is 9.59 Å². The maximum atomic E-state index is 12.7. The second-order valence-electron chi connectivity index (χ2n) is 6.33. The van der Waals surface area contributed by atoms with Crippen molar-refractivity contribution in [3.63, 3.8) is 0 Å². The van der Waals surface area contributed by atoms with Crippen LogP contribution in [0, 0.1) is 5.92 Å². The van der Waals surface area contributed by atoms with E-state index in [0.29, 0.717) is 32.5 Å². The second-order valence-corrected chi connectivity index (χ2v) is 6.33. The SMILES string of the molecule is CC1Cc2ccccc2N1C(=O)CN1CCC(C(=O)O)CC1. The zero-order valence-electron chi connectivity index (χ0n) is 12.9. The van der Waals surface area contributed by atoms with E-state index in [1.54, 1.807) is 0 Å². The van der Waals surface area contributed by atoms with Gasteiger partial charge >= 0.3 is 5.97 Å². The van der Waals surface area contributed by atoms with Gasteiger partial charge in [-0.2, -0.15) is 0 Å². The Labute approximate surface area is 130 Å². The van der Waals surface area contributed by atoms with Gasteiger partial charge in [-0.25, -0.2) is 0 Å². The molecule has 1 saturated heterocycles. The highest BCUT2D eigenvalue weighted by Gasteiger charge is 2.32. The molecule has 0 spiro atoms. The number of likely N-dealkylation sites (tertiary alicyclic amines) is 1. The molecular weight excluding hydrogens is 280 g/mol. The van der Waals surface area contributed by atoms with Crippen LogP contribution in [0.3, 0.4) is 0 Å². The summed E-state index contributed by atoms with van der Waals surface area (Å²) in [6.45, 7) is 3.83. The number of para-hydroxylation sites is 1. The fourth-order valence-electron chi connectivity index (χ4n) is 3.55. The molecule has 5 nitrogen and oxygen atoms in total. The van der Waals surface area contributed by atoms with Gasteiger partial charge in [0.15, 0.2) is 0 Å². The van der Waals surface area contributed by atoms with Crippen LogP contribution < -0.4 is 4.90 Å². The van der Waals surface area contributed by atoms with E-state index in [4.69, 9.17) is 5.11 Å². The van der Waals surface area contributed by atoms with Crippen LogP contribution in [0.2, 0.25) is 0 Å². The molecule has 2 aliphatic heterocycles. The molecule has 5 heteroatoms. The van der Waals surface area contributed by atoms with Crippen LogP contribution >= 0.6 is 0 Å². The summed E-state index contributed by atoms with van der Waals surface area (Å²) in [5.74, 6) is -0.850. The van der Waals surface area contributed by atoms with Crippen molar-refractivity contribution in [2.24, 2.45) is 5.92 Å². The molecule has 0 bridgehead atoms. The summed E-state index contributed by atoms with van der Waals surface area (Å²) in [6.07, 6.45) is 2.17. The Hall–Kier alpha value is -1.88. The third-order valence-corrected chi connectivity index (χ3v) is 4.77. The van der Waals surface area contributed by atoms with E-state index in [0.717, 1.165) is 12.1 Å². The number of fused-ring (bicyclic) bond motifs is 1. The maximum absolute atomic E-state index is 12.7.